The van der Waals surface area contributed by atoms with Crippen LogP contribution in [0.3, 0.4) is 0 Å². The Balaban J connectivity index is 2.28. The van der Waals surface area contributed by atoms with Crippen LogP contribution in [0.4, 0.5) is 0 Å². The van der Waals surface area contributed by atoms with Crippen LogP contribution in [0.1, 0.15) is 19.3 Å². The summed E-state index contributed by atoms with van der Waals surface area (Å²) in [5.41, 5.74) is 1.06. The van der Waals surface area contributed by atoms with Crippen LogP contribution in [0.2, 0.25) is 0 Å². The van der Waals surface area contributed by atoms with Gasteiger partial charge in [-0.25, -0.2) is 0 Å². The molecule has 1 aliphatic heterocycles. The van der Waals surface area contributed by atoms with Gasteiger partial charge in [0.25, 0.3) is 0 Å². The van der Waals surface area contributed by atoms with Gasteiger partial charge >= 0.3 is 0 Å². The topological polar surface area (TPSA) is 30.8 Å². The second kappa shape index (κ2) is 5.62. The van der Waals surface area contributed by atoms with Gasteiger partial charge in [-0.2, -0.15) is 0 Å². The van der Waals surface area contributed by atoms with Crippen LogP contribution >= 0.6 is 0 Å². The maximum absolute atomic E-state index is 5.25. The molecule has 0 N–H and O–H groups in total. The van der Waals surface area contributed by atoms with E-state index in [2.05, 4.69) is 11.1 Å². The summed E-state index contributed by atoms with van der Waals surface area (Å²) in [5.74, 6) is 2.36. The van der Waals surface area contributed by atoms with Gasteiger partial charge in [0.1, 0.15) is 0 Å². The molecule has 0 saturated carbocycles. The van der Waals surface area contributed by atoms with Crippen LogP contribution in [0.15, 0.2) is 5.16 Å². The molecule has 1 fully saturated rings. The second-order valence-electron chi connectivity index (χ2n) is 2.60. The fourth-order valence-electron chi connectivity index (χ4n) is 1.05. The maximum Gasteiger partial charge on any atom is 0.177 e. The lowest BCUT2D eigenvalue weighted by Crippen LogP contribution is -2.00. The van der Waals surface area contributed by atoms with Gasteiger partial charge in [-0.15, -0.1) is 6.42 Å². The molecule has 12 heavy (non-hydrogen) atoms. The number of terminal acetylenes is 1. The molecule has 0 bridgehead atoms. The summed E-state index contributed by atoms with van der Waals surface area (Å²) in [5, 5.41) is 3.93. The Morgan fingerprint density at radius 1 is 1.50 bits per heavy atom. The van der Waals surface area contributed by atoms with Gasteiger partial charge in [0, 0.05) is 13.0 Å². The van der Waals surface area contributed by atoms with Gasteiger partial charge in [-0.05, 0) is 12.8 Å². The summed E-state index contributed by atoms with van der Waals surface area (Å²) in [6.07, 6.45) is 7.86. The van der Waals surface area contributed by atoms with Crippen molar-refractivity contribution in [1.82, 2.24) is 0 Å². The van der Waals surface area contributed by atoms with Crippen LogP contribution in [0.25, 0.3) is 0 Å². The third kappa shape index (κ3) is 3.40. The largest absolute Gasteiger partial charge is 0.383 e. The van der Waals surface area contributed by atoms with Gasteiger partial charge in [-0.1, -0.05) is 11.1 Å². The molecule has 1 aliphatic rings. The van der Waals surface area contributed by atoms with E-state index in [0.717, 1.165) is 38.2 Å². The summed E-state index contributed by atoms with van der Waals surface area (Å²) in [4.78, 5) is 4.87. The molecule has 1 rings (SSSR count). The lowest BCUT2D eigenvalue weighted by Gasteiger charge is -1.98. The highest BCUT2D eigenvalue weighted by atomic mass is 16.6. The number of hydrogen-bond acceptors (Lipinski definition) is 3. The highest BCUT2D eigenvalue weighted by Gasteiger charge is 2.05. The number of oxime groups is 1. The highest BCUT2D eigenvalue weighted by molar-refractivity contribution is 5.84. The van der Waals surface area contributed by atoms with Gasteiger partial charge < -0.3 is 9.57 Å². The van der Waals surface area contributed by atoms with E-state index in [1.807, 2.05) is 0 Å². The van der Waals surface area contributed by atoms with E-state index in [-0.39, 0.29) is 6.61 Å². The lowest BCUT2D eigenvalue weighted by atomic mass is 10.2. The molecule has 0 aromatic carbocycles. The molecule has 0 unspecified atom stereocenters. The SMILES string of the molecule is C#CCO/N=C1\CCCOCC1. The van der Waals surface area contributed by atoms with Crippen molar-refractivity contribution in [2.45, 2.75) is 19.3 Å². The molecule has 1 saturated heterocycles. The van der Waals surface area contributed by atoms with Crippen molar-refractivity contribution in [1.29, 1.82) is 0 Å². The number of ether oxygens (including phenoxy) is 1. The highest BCUT2D eigenvalue weighted by Crippen LogP contribution is 2.04. The molecule has 3 heteroatoms. The molecular formula is C9H13NO2. The molecule has 0 amide bonds. The molecule has 0 radical (unpaired) electrons. The number of rotatable bonds is 2. The zero-order valence-electron chi connectivity index (χ0n) is 7.08. The van der Waals surface area contributed by atoms with E-state index in [1.165, 1.54) is 0 Å². The van der Waals surface area contributed by atoms with Crippen molar-refractivity contribution < 1.29 is 9.57 Å². The third-order valence-corrected chi connectivity index (χ3v) is 1.63. The zero-order valence-corrected chi connectivity index (χ0v) is 7.08. The quantitative estimate of drug-likeness (QED) is 0.351. The molecule has 0 aromatic rings. The Morgan fingerprint density at radius 2 is 2.42 bits per heavy atom. The zero-order chi connectivity index (χ0) is 8.65. The van der Waals surface area contributed by atoms with Crippen LogP contribution in [0, 0.1) is 12.3 Å². The van der Waals surface area contributed by atoms with Gasteiger partial charge in [0.2, 0.25) is 0 Å². The first kappa shape index (κ1) is 9.08. The first-order chi connectivity index (χ1) is 5.93. The smallest absolute Gasteiger partial charge is 0.177 e. The van der Waals surface area contributed by atoms with Crippen LogP contribution in [0.5, 0.6) is 0 Å². The van der Waals surface area contributed by atoms with E-state index in [1.54, 1.807) is 0 Å². The van der Waals surface area contributed by atoms with Crippen LogP contribution < -0.4 is 0 Å². The molecule has 0 aromatic heterocycles. The van der Waals surface area contributed by atoms with Crippen LogP contribution in [-0.2, 0) is 9.57 Å². The monoisotopic (exact) mass is 167 g/mol. The van der Waals surface area contributed by atoms with Crippen molar-refractivity contribution >= 4 is 5.71 Å². The fraction of sp³-hybridized carbons (Fsp3) is 0.667. The molecule has 0 spiro atoms. The Labute approximate surface area is 72.7 Å². The molecule has 1 heterocycles. The summed E-state index contributed by atoms with van der Waals surface area (Å²) in [6, 6.07) is 0. The Morgan fingerprint density at radius 3 is 3.25 bits per heavy atom. The second-order valence-corrected chi connectivity index (χ2v) is 2.60. The third-order valence-electron chi connectivity index (χ3n) is 1.63. The van der Waals surface area contributed by atoms with Crippen molar-refractivity contribution in [2.24, 2.45) is 5.16 Å². The standard InChI is InChI=1S/C9H13NO2/c1-2-6-12-10-9-4-3-7-11-8-5-9/h1H,3-8H2/b10-9+. The summed E-state index contributed by atoms with van der Waals surface area (Å²) >= 11 is 0. The predicted molar refractivity (Wildman–Crippen MR) is 46.9 cm³/mol. The van der Waals surface area contributed by atoms with Crippen molar-refractivity contribution in [3.8, 4) is 12.3 Å². The summed E-state index contributed by atoms with van der Waals surface area (Å²) < 4.78 is 5.25. The normalized spacial score (nSPS) is 21.4. The number of hydrogen-bond donors (Lipinski definition) is 0. The van der Waals surface area contributed by atoms with Gasteiger partial charge in [-0.3, -0.25) is 0 Å². The molecule has 3 nitrogen and oxygen atoms in total. The van der Waals surface area contributed by atoms with Crippen molar-refractivity contribution in [3.63, 3.8) is 0 Å². The lowest BCUT2D eigenvalue weighted by molar-refractivity contribution is 0.146. The number of nitrogens with zero attached hydrogens (tertiary/aromatic N) is 1. The van der Waals surface area contributed by atoms with E-state index in [4.69, 9.17) is 16.0 Å². The van der Waals surface area contributed by atoms with Gasteiger partial charge in [0.05, 0.1) is 12.3 Å². The molecule has 0 aliphatic carbocycles. The van der Waals surface area contributed by atoms with Crippen molar-refractivity contribution in [3.05, 3.63) is 0 Å². The Bertz CT molecular complexity index is 183. The molecular weight excluding hydrogens is 154 g/mol. The maximum atomic E-state index is 5.25. The molecule has 66 valence electrons. The molecule has 0 atom stereocenters. The Kier molecular flexibility index (Phi) is 4.25. The minimum atomic E-state index is 0.254. The Hall–Kier alpha value is -1.01. The van der Waals surface area contributed by atoms with E-state index in [0.29, 0.717) is 0 Å². The average molecular weight is 167 g/mol. The van der Waals surface area contributed by atoms with E-state index < -0.39 is 0 Å². The minimum absolute atomic E-state index is 0.254. The minimum Gasteiger partial charge on any atom is -0.383 e. The van der Waals surface area contributed by atoms with E-state index in [9.17, 15) is 0 Å². The first-order valence-corrected chi connectivity index (χ1v) is 4.12. The summed E-state index contributed by atoms with van der Waals surface area (Å²) in [7, 11) is 0. The summed E-state index contributed by atoms with van der Waals surface area (Å²) in [6.45, 7) is 1.83. The van der Waals surface area contributed by atoms with E-state index >= 15 is 0 Å². The first-order valence-electron chi connectivity index (χ1n) is 4.12. The fourth-order valence-corrected chi connectivity index (χ4v) is 1.05. The average Bonchev–Trinajstić information content (AvgIpc) is 2.33. The predicted octanol–water partition coefficient (Wildman–Crippen LogP) is 1.19. The van der Waals surface area contributed by atoms with Crippen LogP contribution in [-0.4, -0.2) is 25.5 Å². The van der Waals surface area contributed by atoms with Gasteiger partial charge in [0.15, 0.2) is 6.61 Å². The van der Waals surface area contributed by atoms with Crippen molar-refractivity contribution in [2.75, 3.05) is 19.8 Å².